The molecule has 5 heteroatoms. The van der Waals surface area contributed by atoms with Crippen LogP contribution in [-0.4, -0.2) is 50.1 Å². The smallest absolute Gasteiger partial charge is 0.254 e. The van der Waals surface area contributed by atoms with Crippen LogP contribution in [0.3, 0.4) is 0 Å². The maximum atomic E-state index is 14.4. The van der Waals surface area contributed by atoms with E-state index in [0.717, 1.165) is 89.2 Å². The molecule has 0 N–H and O–H groups in total. The summed E-state index contributed by atoms with van der Waals surface area (Å²) in [5, 5.41) is 2.18. The number of anilines is 1. The average Bonchev–Trinajstić information content (AvgIpc) is 3.19. The fourth-order valence-corrected chi connectivity index (χ4v) is 8.04. The minimum Gasteiger partial charge on any atom is -0.456 e. The standard InChI is InChI=1S/C48H72N3O2/c1-7-13-14-15-16-17-18-19-20-21-22-23-24-25-26-29-36-51(12-6)48(52)42-31-28-27-30-41(42)47-43-34-32-39(49(8-2)9-3)37-45(43)53-46-38-40(33-35-44(46)47)50(10-4)11-5/h27-28,30-35,37-38H,7-26,29,36H2,1-6H3/q+1. The molecule has 5 nitrogen and oxygen atoms in total. The minimum absolute atomic E-state index is 0.116. The number of benzene rings is 3. The second kappa shape index (κ2) is 23.2. The van der Waals surface area contributed by atoms with Gasteiger partial charge in [0.2, 0.25) is 5.36 Å². The Labute approximate surface area is 322 Å². The normalized spacial score (nSPS) is 11.4. The van der Waals surface area contributed by atoms with Crippen molar-refractivity contribution in [2.75, 3.05) is 44.2 Å². The molecule has 0 atom stereocenters. The summed E-state index contributed by atoms with van der Waals surface area (Å²) in [5.74, 6) is 0.960. The lowest BCUT2D eigenvalue weighted by atomic mass is 9.90. The molecule has 0 spiro atoms. The zero-order chi connectivity index (χ0) is 37.8. The van der Waals surface area contributed by atoms with E-state index in [-0.39, 0.29) is 5.91 Å². The molecule has 0 saturated heterocycles. The summed E-state index contributed by atoms with van der Waals surface area (Å²) in [5.41, 5.74) is 5.83. The van der Waals surface area contributed by atoms with Gasteiger partial charge in [0.05, 0.1) is 6.07 Å². The Morgan fingerprint density at radius 3 is 1.75 bits per heavy atom. The molecular formula is C48H72N3O2+. The summed E-state index contributed by atoms with van der Waals surface area (Å²) < 4.78 is 9.08. The number of carbonyl (C=O) groups excluding carboxylic acids is 1. The number of hydrogen-bond acceptors (Lipinski definition) is 3. The molecule has 1 aliphatic heterocycles. The van der Waals surface area contributed by atoms with Crippen LogP contribution in [0, 0.1) is 0 Å². The quantitative estimate of drug-likeness (QED) is 0.0388. The maximum Gasteiger partial charge on any atom is 0.254 e. The van der Waals surface area contributed by atoms with E-state index in [2.05, 4.69) is 104 Å². The van der Waals surface area contributed by atoms with Crippen LogP contribution < -0.4 is 14.8 Å². The van der Waals surface area contributed by atoms with Gasteiger partial charge in [0.25, 0.3) is 5.91 Å². The molecule has 0 radical (unpaired) electrons. The van der Waals surface area contributed by atoms with Gasteiger partial charge >= 0.3 is 0 Å². The fraction of sp³-hybridized carbons (Fsp3) is 0.583. The molecule has 1 heterocycles. The largest absolute Gasteiger partial charge is 0.456 e. The van der Waals surface area contributed by atoms with Crippen LogP contribution in [0.5, 0.6) is 0 Å². The summed E-state index contributed by atoms with van der Waals surface area (Å²) in [6.45, 7) is 18.4. The second-order valence-corrected chi connectivity index (χ2v) is 14.9. The molecule has 1 amide bonds. The number of fused-ring (bicyclic) bond motifs is 2. The van der Waals surface area contributed by atoms with Gasteiger partial charge in [0, 0.05) is 66.1 Å². The van der Waals surface area contributed by atoms with Gasteiger partial charge in [0.15, 0.2) is 0 Å². The van der Waals surface area contributed by atoms with Crippen molar-refractivity contribution in [2.24, 2.45) is 0 Å². The summed E-state index contributed by atoms with van der Waals surface area (Å²) in [4.78, 5) is 18.8. The van der Waals surface area contributed by atoms with E-state index in [4.69, 9.17) is 4.42 Å². The van der Waals surface area contributed by atoms with Crippen LogP contribution in [0.1, 0.15) is 155 Å². The van der Waals surface area contributed by atoms with Crippen LogP contribution in [0.25, 0.3) is 33.4 Å². The molecule has 0 saturated carbocycles. The molecule has 0 bridgehead atoms. The number of rotatable bonds is 25. The zero-order valence-corrected chi connectivity index (χ0v) is 34.5. The molecule has 290 valence electrons. The monoisotopic (exact) mass is 723 g/mol. The minimum atomic E-state index is 0.116. The van der Waals surface area contributed by atoms with Crippen LogP contribution in [0.15, 0.2) is 65.1 Å². The third-order valence-corrected chi connectivity index (χ3v) is 11.3. The Morgan fingerprint density at radius 1 is 0.604 bits per heavy atom. The van der Waals surface area contributed by atoms with Crippen LogP contribution in [0.2, 0.25) is 0 Å². The zero-order valence-electron chi connectivity index (χ0n) is 34.5. The molecule has 2 aromatic carbocycles. The average molecular weight is 723 g/mol. The summed E-state index contributed by atoms with van der Waals surface area (Å²) in [6, 6.07) is 21.3. The third kappa shape index (κ3) is 11.9. The van der Waals surface area contributed by atoms with E-state index in [9.17, 15) is 4.79 Å². The Balaban J connectivity index is 1.44. The lowest BCUT2D eigenvalue weighted by Crippen LogP contribution is -2.32. The molecule has 0 fully saturated rings. The van der Waals surface area contributed by atoms with Crippen molar-refractivity contribution in [3.63, 3.8) is 0 Å². The van der Waals surface area contributed by atoms with E-state index in [0.29, 0.717) is 6.54 Å². The molecule has 4 rings (SSSR count). The summed E-state index contributed by atoms with van der Waals surface area (Å²) in [6.07, 6.45) is 21.6. The van der Waals surface area contributed by atoms with Crippen LogP contribution in [0.4, 0.5) is 5.69 Å². The lowest BCUT2D eigenvalue weighted by molar-refractivity contribution is 0.0762. The number of hydrogen-bond donors (Lipinski definition) is 0. The van der Waals surface area contributed by atoms with E-state index >= 15 is 0 Å². The van der Waals surface area contributed by atoms with E-state index in [1.54, 1.807) is 0 Å². The Kier molecular flexibility index (Phi) is 18.5. The fourth-order valence-electron chi connectivity index (χ4n) is 8.04. The maximum absolute atomic E-state index is 14.4. The Morgan fingerprint density at radius 2 is 1.19 bits per heavy atom. The molecule has 0 aromatic heterocycles. The van der Waals surface area contributed by atoms with E-state index in [1.807, 2.05) is 12.1 Å². The molecule has 2 aromatic rings. The third-order valence-electron chi connectivity index (χ3n) is 11.3. The van der Waals surface area contributed by atoms with Crippen molar-refractivity contribution in [2.45, 2.75) is 144 Å². The van der Waals surface area contributed by atoms with Crippen molar-refractivity contribution in [1.29, 1.82) is 0 Å². The second-order valence-electron chi connectivity index (χ2n) is 14.9. The van der Waals surface area contributed by atoms with Gasteiger partial charge in [-0.05, 0) is 70.9 Å². The van der Waals surface area contributed by atoms with Crippen LogP contribution in [-0.2, 0) is 0 Å². The van der Waals surface area contributed by atoms with Gasteiger partial charge in [0.1, 0.15) is 24.4 Å². The van der Waals surface area contributed by atoms with E-state index < -0.39 is 0 Å². The van der Waals surface area contributed by atoms with Gasteiger partial charge in [-0.15, -0.1) is 0 Å². The first-order valence-electron chi connectivity index (χ1n) is 21.7. The Bertz CT molecular complexity index is 1690. The SMILES string of the molecule is CCCCCCCCCCCCCCCCCCN(CC)C(=O)c1ccccc1-c1c2ccc(=[N+](CC)CC)cc-2oc2cc(N(CC)CC)ccc12. The number of nitrogens with zero attached hydrogens (tertiary/aromatic N) is 3. The molecular weight excluding hydrogens is 651 g/mol. The molecule has 1 aliphatic carbocycles. The first-order chi connectivity index (χ1) is 26.0. The van der Waals surface area contributed by atoms with Crippen molar-refractivity contribution >= 4 is 22.6 Å². The van der Waals surface area contributed by atoms with Crippen LogP contribution >= 0.6 is 0 Å². The predicted octanol–water partition coefficient (Wildman–Crippen LogP) is 12.6. The summed E-state index contributed by atoms with van der Waals surface area (Å²) in [7, 11) is 0. The highest BCUT2D eigenvalue weighted by Gasteiger charge is 2.24. The first-order valence-corrected chi connectivity index (χ1v) is 21.7. The van der Waals surface area contributed by atoms with Gasteiger partial charge in [-0.3, -0.25) is 4.79 Å². The number of unbranched alkanes of at least 4 members (excludes halogenated alkanes) is 15. The van der Waals surface area contributed by atoms with Crippen molar-refractivity contribution in [1.82, 2.24) is 9.48 Å². The highest BCUT2D eigenvalue weighted by atomic mass is 16.3. The van der Waals surface area contributed by atoms with Crippen molar-refractivity contribution in [3.05, 3.63) is 71.6 Å². The molecule has 0 unspecified atom stereocenters. The first kappa shape index (κ1) is 42.1. The molecule has 53 heavy (non-hydrogen) atoms. The van der Waals surface area contributed by atoms with Gasteiger partial charge in [-0.25, -0.2) is 4.58 Å². The van der Waals surface area contributed by atoms with Crippen molar-refractivity contribution in [3.8, 4) is 22.5 Å². The van der Waals surface area contributed by atoms with E-state index in [1.165, 1.54) is 96.3 Å². The van der Waals surface area contributed by atoms with Gasteiger partial charge < -0.3 is 14.2 Å². The van der Waals surface area contributed by atoms with Gasteiger partial charge in [-0.1, -0.05) is 121 Å². The summed E-state index contributed by atoms with van der Waals surface area (Å²) >= 11 is 0. The predicted molar refractivity (Wildman–Crippen MR) is 229 cm³/mol. The number of carbonyl (C=O) groups is 1. The highest BCUT2D eigenvalue weighted by Crippen LogP contribution is 2.42. The Hall–Kier alpha value is -3.60. The lowest BCUT2D eigenvalue weighted by Gasteiger charge is -2.24. The van der Waals surface area contributed by atoms with Crippen molar-refractivity contribution < 1.29 is 9.21 Å². The van der Waals surface area contributed by atoms with Gasteiger partial charge in [-0.2, -0.15) is 0 Å². The highest BCUT2D eigenvalue weighted by molar-refractivity contribution is 6.09. The topological polar surface area (TPSA) is 39.7 Å². The molecule has 2 aliphatic rings. The number of amides is 1.